The number of sulfone groups is 1. The molecule has 0 radical (unpaired) electrons. The largest absolute Gasteiger partial charge is 0.465 e. The predicted molar refractivity (Wildman–Crippen MR) is 84.6 cm³/mol. The maximum Gasteiger partial charge on any atom is 0.337 e. The van der Waals surface area contributed by atoms with Gasteiger partial charge in [-0.15, -0.1) is 0 Å². The number of esters is 1. The summed E-state index contributed by atoms with van der Waals surface area (Å²) in [4.78, 5) is 15.9. The van der Waals surface area contributed by atoms with Crippen LogP contribution in [0.15, 0.2) is 23.2 Å². The maximum atomic E-state index is 14.3. The molecule has 0 spiro atoms. The molecule has 1 atom stereocenters. The van der Waals surface area contributed by atoms with Gasteiger partial charge >= 0.3 is 5.97 Å². The van der Waals surface area contributed by atoms with Gasteiger partial charge in [-0.2, -0.15) is 0 Å². The highest BCUT2D eigenvalue weighted by Crippen LogP contribution is 2.38. The Morgan fingerprint density at radius 3 is 2.48 bits per heavy atom. The van der Waals surface area contributed by atoms with Gasteiger partial charge in [0.15, 0.2) is 9.84 Å². The molecule has 0 bridgehead atoms. The first-order chi connectivity index (χ1) is 10.4. The zero-order valence-corrected chi connectivity index (χ0v) is 14.2. The second-order valence-electron chi connectivity index (χ2n) is 6.23. The summed E-state index contributed by atoms with van der Waals surface area (Å²) in [5.41, 5.74) is 4.52. The number of benzene rings is 1. The van der Waals surface area contributed by atoms with Gasteiger partial charge in [-0.25, -0.2) is 17.6 Å². The van der Waals surface area contributed by atoms with Crippen molar-refractivity contribution in [2.24, 2.45) is 10.7 Å². The van der Waals surface area contributed by atoms with Gasteiger partial charge in [-0.05, 0) is 39.0 Å². The number of aliphatic imine (C=N–C) groups is 1. The van der Waals surface area contributed by atoms with Crippen LogP contribution in [-0.2, 0) is 20.1 Å². The van der Waals surface area contributed by atoms with E-state index in [2.05, 4.69) is 9.73 Å². The summed E-state index contributed by atoms with van der Waals surface area (Å²) in [7, 11) is -2.45. The Balaban J connectivity index is 2.66. The van der Waals surface area contributed by atoms with Gasteiger partial charge in [0.2, 0.25) is 0 Å². The summed E-state index contributed by atoms with van der Waals surface area (Å²) in [6.07, 6.45) is 0. The number of rotatable bonds is 2. The molecule has 1 aromatic rings. The molecule has 1 aliphatic rings. The van der Waals surface area contributed by atoms with E-state index in [4.69, 9.17) is 5.73 Å². The van der Waals surface area contributed by atoms with E-state index in [-0.39, 0.29) is 17.0 Å². The highest BCUT2D eigenvalue weighted by molar-refractivity contribution is 7.93. The number of hydrogen-bond donors (Lipinski definition) is 1. The first-order valence-corrected chi connectivity index (χ1v) is 8.56. The monoisotopic (exact) mass is 342 g/mol. The van der Waals surface area contributed by atoms with Crippen molar-refractivity contribution in [3.63, 3.8) is 0 Å². The Bertz CT molecular complexity index is 802. The number of ether oxygens (including phenoxy) is 1. The molecule has 0 amide bonds. The van der Waals surface area contributed by atoms with Crippen LogP contribution in [0, 0.1) is 5.82 Å². The maximum absolute atomic E-state index is 14.3. The van der Waals surface area contributed by atoms with E-state index in [1.54, 1.807) is 0 Å². The van der Waals surface area contributed by atoms with Crippen molar-refractivity contribution in [2.75, 3.05) is 12.9 Å². The number of carbonyl (C=O) groups is 1. The van der Waals surface area contributed by atoms with E-state index in [9.17, 15) is 17.6 Å². The lowest BCUT2D eigenvalue weighted by atomic mass is 9.91. The minimum Gasteiger partial charge on any atom is -0.465 e. The Morgan fingerprint density at radius 1 is 1.35 bits per heavy atom. The van der Waals surface area contributed by atoms with E-state index in [1.165, 1.54) is 40.0 Å². The molecule has 0 unspecified atom stereocenters. The van der Waals surface area contributed by atoms with Gasteiger partial charge in [0, 0.05) is 5.56 Å². The van der Waals surface area contributed by atoms with E-state index in [0.29, 0.717) is 0 Å². The lowest BCUT2D eigenvalue weighted by molar-refractivity contribution is 0.0600. The first kappa shape index (κ1) is 17.4. The first-order valence-electron chi connectivity index (χ1n) is 6.91. The molecule has 0 saturated heterocycles. The highest BCUT2D eigenvalue weighted by Gasteiger charge is 2.49. The molecule has 0 fully saturated rings. The fraction of sp³-hybridized carbons (Fsp3) is 0.467. The van der Waals surface area contributed by atoms with Crippen LogP contribution in [0.2, 0.25) is 0 Å². The van der Waals surface area contributed by atoms with Crippen LogP contribution in [0.4, 0.5) is 4.39 Å². The Morgan fingerprint density at radius 2 is 1.96 bits per heavy atom. The van der Waals surface area contributed by atoms with Crippen LogP contribution in [0.25, 0.3) is 0 Å². The molecule has 0 saturated carbocycles. The van der Waals surface area contributed by atoms with Crippen LogP contribution in [-0.4, -0.2) is 37.8 Å². The predicted octanol–water partition coefficient (Wildman–Crippen LogP) is 1.39. The Labute approximate surface area is 134 Å². The fourth-order valence-corrected chi connectivity index (χ4v) is 4.15. The van der Waals surface area contributed by atoms with Crippen molar-refractivity contribution in [3.05, 3.63) is 35.1 Å². The third kappa shape index (κ3) is 2.71. The lowest BCUT2D eigenvalue weighted by Crippen LogP contribution is -2.55. The summed E-state index contributed by atoms with van der Waals surface area (Å²) < 4.78 is 42.6. The van der Waals surface area contributed by atoms with Gasteiger partial charge in [-0.3, -0.25) is 4.99 Å². The van der Waals surface area contributed by atoms with Crippen LogP contribution in [0.3, 0.4) is 0 Å². The Kier molecular flexibility index (Phi) is 4.00. The fourth-order valence-electron chi connectivity index (χ4n) is 2.46. The molecule has 1 aromatic carbocycles. The minimum atomic E-state index is -3.66. The topological polar surface area (TPSA) is 98.8 Å². The molecule has 0 aromatic heterocycles. The van der Waals surface area contributed by atoms with Gasteiger partial charge in [0.1, 0.15) is 21.9 Å². The molecule has 2 N–H and O–H groups in total. The summed E-state index contributed by atoms with van der Waals surface area (Å²) >= 11 is 0. The average molecular weight is 342 g/mol. The number of methoxy groups -OCH3 is 1. The van der Waals surface area contributed by atoms with Crippen molar-refractivity contribution >= 4 is 21.6 Å². The van der Waals surface area contributed by atoms with E-state index in [1.807, 2.05) is 0 Å². The number of halogens is 1. The second kappa shape index (κ2) is 5.30. The molecule has 8 heteroatoms. The van der Waals surface area contributed by atoms with Crippen molar-refractivity contribution in [1.29, 1.82) is 0 Å². The van der Waals surface area contributed by atoms with Gasteiger partial charge in [0.25, 0.3) is 0 Å². The molecule has 0 aliphatic carbocycles. The number of nitrogens with two attached hydrogens (primary N) is 1. The van der Waals surface area contributed by atoms with Crippen molar-refractivity contribution < 1.29 is 22.3 Å². The number of carbonyl (C=O) groups excluding carboxylic acids is 1. The summed E-state index contributed by atoms with van der Waals surface area (Å²) in [5.74, 6) is -1.80. The third-order valence-electron chi connectivity index (χ3n) is 4.20. The van der Waals surface area contributed by atoms with E-state index in [0.717, 1.165) is 6.07 Å². The zero-order chi connectivity index (χ0) is 17.6. The lowest BCUT2D eigenvalue weighted by Gasteiger charge is -2.38. The van der Waals surface area contributed by atoms with Crippen molar-refractivity contribution in [2.45, 2.75) is 31.1 Å². The molecule has 1 aliphatic heterocycles. The SMILES string of the molecule is COC(=O)c1ccc(F)c([C@]2(C)CS(=O)(=O)C(C)(C)C(N)=N2)c1. The van der Waals surface area contributed by atoms with E-state index < -0.39 is 37.7 Å². The van der Waals surface area contributed by atoms with E-state index >= 15 is 0 Å². The summed E-state index contributed by atoms with van der Waals surface area (Å²) in [6.45, 7) is 4.40. The summed E-state index contributed by atoms with van der Waals surface area (Å²) in [6, 6.07) is 3.61. The Hall–Kier alpha value is -1.96. The van der Waals surface area contributed by atoms with Gasteiger partial charge in [-0.1, -0.05) is 0 Å². The third-order valence-corrected chi connectivity index (χ3v) is 6.91. The quantitative estimate of drug-likeness (QED) is 0.819. The van der Waals surface area contributed by atoms with Gasteiger partial charge < -0.3 is 10.5 Å². The molecule has 2 rings (SSSR count). The standard InChI is InChI=1S/C15H19FN2O4S/c1-14(2)13(17)18-15(3,8-23(14,20)21)10-7-9(12(19)22-4)5-6-11(10)16/h5-7H,8H2,1-4H3,(H2,17,18)/t15-/m0/s1. The summed E-state index contributed by atoms with van der Waals surface area (Å²) in [5, 5.41) is 0. The molecular formula is C15H19FN2O4S. The van der Waals surface area contributed by atoms with Crippen LogP contribution < -0.4 is 5.73 Å². The smallest absolute Gasteiger partial charge is 0.337 e. The van der Waals surface area contributed by atoms with Crippen LogP contribution >= 0.6 is 0 Å². The average Bonchev–Trinajstić information content (AvgIpc) is 2.44. The molecular weight excluding hydrogens is 323 g/mol. The zero-order valence-electron chi connectivity index (χ0n) is 13.4. The van der Waals surface area contributed by atoms with Crippen LogP contribution in [0.1, 0.15) is 36.7 Å². The molecule has 1 heterocycles. The van der Waals surface area contributed by atoms with Crippen molar-refractivity contribution in [1.82, 2.24) is 0 Å². The van der Waals surface area contributed by atoms with Crippen molar-refractivity contribution in [3.8, 4) is 0 Å². The normalized spacial score (nSPS) is 25.5. The minimum absolute atomic E-state index is 0.0116. The van der Waals surface area contributed by atoms with Crippen LogP contribution in [0.5, 0.6) is 0 Å². The number of amidine groups is 1. The number of hydrogen-bond acceptors (Lipinski definition) is 6. The molecule has 6 nitrogen and oxygen atoms in total. The molecule has 126 valence electrons. The van der Waals surface area contributed by atoms with Gasteiger partial charge in [0.05, 0.1) is 18.4 Å². The molecule has 23 heavy (non-hydrogen) atoms. The highest BCUT2D eigenvalue weighted by atomic mass is 32.2. The second-order valence-corrected chi connectivity index (χ2v) is 8.77. The number of nitrogens with zero attached hydrogens (tertiary/aromatic N) is 1.